The van der Waals surface area contributed by atoms with Crippen molar-refractivity contribution < 1.29 is 4.79 Å². The summed E-state index contributed by atoms with van der Waals surface area (Å²) in [4.78, 5) is 36.9. The molecule has 2 N–H and O–H groups in total. The number of amides is 1. The Kier molecular flexibility index (Phi) is 8.38. The van der Waals surface area contributed by atoms with Crippen molar-refractivity contribution in [2.75, 3.05) is 23.7 Å². The lowest BCUT2D eigenvalue weighted by atomic mass is 10.0. The van der Waals surface area contributed by atoms with Gasteiger partial charge in [0.2, 0.25) is 5.95 Å². The van der Waals surface area contributed by atoms with Crippen LogP contribution in [-0.2, 0) is 6.54 Å². The van der Waals surface area contributed by atoms with Crippen LogP contribution in [0.2, 0.25) is 0 Å². The average Bonchev–Trinajstić information content (AvgIpc) is 2.97. The third kappa shape index (κ3) is 6.94. The number of carbonyl (C=O) groups excluding carboxylic acids is 1. The van der Waals surface area contributed by atoms with E-state index in [2.05, 4.69) is 45.6 Å². The van der Waals surface area contributed by atoms with Crippen LogP contribution in [0.4, 0.5) is 17.3 Å². The summed E-state index contributed by atoms with van der Waals surface area (Å²) in [6.45, 7) is 4.79. The van der Waals surface area contributed by atoms with Gasteiger partial charge in [0.05, 0.1) is 23.1 Å². The first-order chi connectivity index (χ1) is 19.1. The molecule has 196 valence electrons. The fourth-order valence-electron chi connectivity index (χ4n) is 4.45. The minimum atomic E-state index is -0.170. The van der Waals surface area contributed by atoms with Crippen LogP contribution in [0.3, 0.4) is 0 Å². The van der Waals surface area contributed by atoms with Crippen LogP contribution in [-0.4, -0.2) is 55.0 Å². The molecular formula is C29H28N8OS. The molecule has 9 nitrogen and oxygen atoms in total. The van der Waals surface area contributed by atoms with E-state index >= 15 is 0 Å². The molecule has 0 aliphatic carbocycles. The van der Waals surface area contributed by atoms with Crippen LogP contribution >= 0.6 is 12.2 Å². The fourth-order valence-corrected chi connectivity index (χ4v) is 4.60. The van der Waals surface area contributed by atoms with Crippen molar-refractivity contribution in [2.45, 2.75) is 32.4 Å². The number of aryl methyl sites for hydroxylation is 1. The Hall–Kier alpha value is -4.37. The monoisotopic (exact) mass is 536 g/mol. The number of hydrogen-bond acceptors (Lipinski definition) is 9. The summed E-state index contributed by atoms with van der Waals surface area (Å²) in [5, 5.41) is 8.74. The van der Waals surface area contributed by atoms with Crippen molar-refractivity contribution in [1.29, 1.82) is 0 Å². The van der Waals surface area contributed by atoms with E-state index in [9.17, 15) is 4.79 Å². The van der Waals surface area contributed by atoms with E-state index in [0.29, 0.717) is 34.6 Å². The number of rotatable bonds is 8. The molecule has 4 aromatic rings. The SMILES string of the molecule is Cc1ccc(NC(=O)c2ccc(CN3CCC(N=C=S)CC3)cc2)cc1Nc1nccc(-c2cnccn2)n1. The van der Waals surface area contributed by atoms with Crippen LogP contribution in [0, 0.1) is 6.92 Å². The summed E-state index contributed by atoms with van der Waals surface area (Å²) in [5.41, 5.74) is 5.55. The Morgan fingerprint density at radius 3 is 2.62 bits per heavy atom. The lowest BCUT2D eigenvalue weighted by molar-refractivity contribution is 0.102. The first-order valence-corrected chi connectivity index (χ1v) is 13.1. The van der Waals surface area contributed by atoms with E-state index in [1.807, 2.05) is 49.4 Å². The van der Waals surface area contributed by atoms with Gasteiger partial charge in [-0.2, -0.15) is 0 Å². The molecule has 0 bridgehead atoms. The highest BCUT2D eigenvalue weighted by atomic mass is 32.1. The Morgan fingerprint density at radius 2 is 1.87 bits per heavy atom. The zero-order valence-electron chi connectivity index (χ0n) is 21.5. The molecule has 3 heterocycles. The number of piperidine rings is 1. The summed E-state index contributed by atoms with van der Waals surface area (Å²) >= 11 is 4.72. The maximum Gasteiger partial charge on any atom is 0.255 e. The van der Waals surface area contributed by atoms with Crippen LogP contribution in [0.25, 0.3) is 11.4 Å². The van der Waals surface area contributed by atoms with Crippen LogP contribution < -0.4 is 10.6 Å². The second-order valence-electron chi connectivity index (χ2n) is 9.39. The number of hydrogen-bond donors (Lipinski definition) is 2. The Morgan fingerprint density at radius 1 is 1.05 bits per heavy atom. The average molecular weight is 537 g/mol. The molecule has 1 fully saturated rings. The number of aromatic nitrogens is 4. The molecule has 0 atom stereocenters. The number of benzene rings is 2. The number of carbonyl (C=O) groups is 1. The second kappa shape index (κ2) is 12.4. The van der Waals surface area contributed by atoms with E-state index in [4.69, 9.17) is 12.2 Å². The molecule has 0 spiro atoms. The van der Waals surface area contributed by atoms with Crippen LogP contribution in [0.15, 0.2) is 78.3 Å². The highest BCUT2D eigenvalue weighted by Crippen LogP contribution is 2.24. The van der Waals surface area contributed by atoms with Gasteiger partial charge in [-0.05, 0) is 73.4 Å². The van der Waals surface area contributed by atoms with Gasteiger partial charge in [-0.1, -0.05) is 18.2 Å². The predicted octanol–water partition coefficient (Wildman–Crippen LogP) is 5.31. The van der Waals surface area contributed by atoms with E-state index in [-0.39, 0.29) is 5.91 Å². The van der Waals surface area contributed by atoms with Gasteiger partial charge in [-0.25, -0.2) is 15.0 Å². The number of thiocarbonyl (C=S) groups is 1. The minimum absolute atomic E-state index is 0.170. The van der Waals surface area contributed by atoms with Crippen LogP contribution in [0.5, 0.6) is 0 Å². The molecule has 0 unspecified atom stereocenters. The molecule has 1 amide bonds. The molecule has 2 aromatic heterocycles. The summed E-state index contributed by atoms with van der Waals surface area (Å²) in [6, 6.07) is 15.5. The highest BCUT2D eigenvalue weighted by Gasteiger charge is 2.18. The standard InChI is InChI=1S/C29H28N8OS/c1-20-2-7-24(16-26(20)36-29-32-11-8-25(35-29)27-17-30-12-13-31-27)34-28(38)22-5-3-21(4-6-22)18-37-14-9-23(10-15-37)33-19-39/h2-8,11-13,16-17,23H,9-10,14-15,18H2,1H3,(H,34,38)(H,32,35,36). The van der Waals surface area contributed by atoms with Crippen molar-refractivity contribution in [3.63, 3.8) is 0 Å². The van der Waals surface area contributed by atoms with Gasteiger partial charge in [0.15, 0.2) is 0 Å². The summed E-state index contributed by atoms with van der Waals surface area (Å²) in [5.74, 6) is 0.257. The van der Waals surface area contributed by atoms with E-state index in [1.54, 1.807) is 30.9 Å². The first kappa shape index (κ1) is 26.2. The zero-order valence-corrected chi connectivity index (χ0v) is 22.4. The number of likely N-dealkylation sites (tertiary alicyclic amines) is 1. The second-order valence-corrected chi connectivity index (χ2v) is 9.57. The quantitative estimate of drug-likeness (QED) is 0.231. The zero-order chi connectivity index (χ0) is 27.0. The molecule has 1 aliphatic heterocycles. The third-order valence-electron chi connectivity index (χ3n) is 6.64. The minimum Gasteiger partial charge on any atom is -0.324 e. The van der Waals surface area contributed by atoms with Crippen molar-refractivity contribution in [3.8, 4) is 11.4 Å². The lowest BCUT2D eigenvalue weighted by Gasteiger charge is -2.29. The lowest BCUT2D eigenvalue weighted by Crippen LogP contribution is -2.34. The Labute approximate surface area is 232 Å². The number of nitrogens with one attached hydrogen (secondary N) is 2. The molecule has 0 saturated carbocycles. The normalized spacial score (nSPS) is 13.9. The third-order valence-corrected chi connectivity index (χ3v) is 6.74. The number of nitrogens with zero attached hydrogens (tertiary/aromatic N) is 6. The summed E-state index contributed by atoms with van der Waals surface area (Å²) < 4.78 is 0. The smallest absolute Gasteiger partial charge is 0.255 e. The van der Waals surface area contributed by atoms with Crippen molar-refractivity contribution in [3.05, 3.63) is 90.0 Å². The van der Waals surface area contributed by atoms with E-state index in [1.165, 1.54) is 5.56 Å². The number of isothiocyanates is 1. The van der Waals surface area contributed by atoms with Gasteiger partial charge >= 0.3 is 0 Å². The van der Waals surface area contributed by atoms with Crippen molar-refractivity contribution in [2.24, 2.45) is 4.99 Å². The van der Waals surface area contributed by atoms with Gasteiger partial charge in [-0.15, -0.1) is 0 Å². The summed E-state index contributed by atoms with van der Waals surface area (Å²) in [7, 11) is 0. The number of aliphatic imine (C=N–C) groups is 1. The van der Waals surface area contributed by atoms with Gasteiger partial charge in [0.1, 0.15) is 5.69 Å². The molecule has 2 aromatic carbocycles. The van der Waals surface area contributed by atoms with Gasteiger partial charge in [-0.3, -0.25) is 19.7 Å². The van der Waals surface area contributed by atoms with Crippen molar-refractivity contribution in [1.82, 2.24) is 24.8 Å². The van der Waals surface area contributed by atoms with E-state index < -0.39 is 0 Å². The van der Waals surface area contributed by atoms with Gasteiger partial charge < -0.3 is 10.6 Å². The van der Waals surface area contributed by atoms with Crippen LogP contribution in [0.1, 0.15) is 34.3 Å². The Balaban J connectivity index is 1.21. The molecule has 1 saturated heterocycles. The van der Waals surface area contributed by atoms with Gasteiger partial charge in [0.25, 0.3) is 5.91 Å². The van der Waals surface area contributed by atoms with E-state index in [0.717, 1.165) is 43.7 Å². The molecule has 0 radical (unpaired) electrons. The number of anilines is 3. The molecule has 5 rings (SSSR count). The summed E-state index contributed by atoms with van der Waals surface area (Å²) in [6.07, 6.45) is 8.56. The molecule has 1 aliphatic rings. The molecule has 10 heteroatoms. The van der Waals surface area contributed by atoms with Gasteiger partial charge in [0, 0.05) is 55.2 Å². The highest BCUT2D eigenvalue weighted by molar-refractivity contribution is 7.78. The Bertz CT molecular complexity index is 1480. The fraction of sp³-hybridized carbons (Fsp3) is 0.241. The molecular weight excluding hydrogens is 508 g/mol. The first-order valence-electron chi connectivity index (χ1n) is 12.7. The largest absolute Gasteiger partial charge is 0.324 e. The predicted molar refractivity (Wildman–Crippen MR) is 155 cm³/mol. The maximum absolute atomic E-state index is 13.0. The maximum atomic E-state index is 13.0. The topological polar surface area (TPSA) is 108 Å². The van der Waals surface area contributed by atoms with Crippen molar-refractivity contribution >= 4 is 40.6 Å². The molecule has 39 heavy (non-hydrogen) atoms.